The highest BCUT2D eigenvalue weighted by Crippen LogP contribution is 2.35. The fourth-order valence-electron chi connectivity index (χ4n) is 3.34. The summed E-state index contributed by atoms with van der Waals surface area (Å²) in [6.07, 6.45) is -4.60. The molecule has 1 aromatic heterocycles. The van der Waals surface area contributed by atoms with Crippen LogP contribution in [0.5, 0.6) is 0 Å². The van der Waals surface area contributed by atoms with Gasteiger partial charge in [0.05, 0.1) is 22.2 Å². The van der Waals surface area contributed by atoms with Gasteiger partial charge in [0.15, 0.2) is 0 Å². The van der Waals surface area contributed by atoms with Crippen LogP contribution in [-0.4, -0.2) is 36.1 Å². The molecule has 0 spiro atoms. The van der Waals surface area contributed by atoms with Crippen molar-refractivity contribution in [1.29, 1.82) is 5.26 Å². The maximum atomic E-state index is 13.3. The second-order valence-electron chi connectivity index (χ2n) is 6.75. The minimum absolute atomic E-state index is 0.181. The molecule has 1 aliphatic rings. The van der Waals surface area contributed by atoms with E-state index in [1.165, 1.54) is 23.5 Å². The van der Waals surface area contributed by atoms with Gasteiger partial charge in [0, 0.05) is 30.9 Å². The molecule has 2 amide bonds. The van der Waals surface area contributed by atoms with E-state index in [0.717, 1.165) is 11.1 Å². The third-order valence-electron chi connectivity index (χ3n) is 4.76. The standard InChI is InChI=1S/C19H19F3N4OS/c1-12-11-26(18(27)24-17-4-3-7-28-17)13(2)10-25(12)15-6-5-14(9-23)16(8-15)19(20,21)22/h3-8,12-13H,10-11H2,1-2H3,(H,24,27)/t12-,13+/m0/s1. The first-order valence-corrected chi connectivity index (χ1v) is 9.57. The van der Waals surface area contributed by atoms with Gasteiger partial charge >= 0.3 is 12.2 Å². The maximum absolute atomic E-state index is 13.3. The van der Waals surface area contributed by atoms with E-state index in [9.17, 15) is 18.0 Å². The lowest BCUT2D eigenvalue weighted by Crippen LogP contribution is -2.59. The van der Waals surface area contributed by atoms with Gasteiger partial charge in [-0.2, -0.15) is 18.4 Å². The van der Waals surface area contributed by atoms with E-state index in [1.807, 2.05) is 36.3 Å². The van der Waals surface area contributed by atoms with Crippen molar-refractivity contribution in [2.75, 3.05) is 23.3 Å². The zero-order valence-corrected chi connectivity index (χ0v) is 16.1. The summed E-state index contributed by atoms with van der Waals surface area (Å²) in [5.74, 6) is 0. The Kier molecular flexibility index (Phi) is 5.52. The lowest BCUT2D eigenvalue weighted by atomic mass is 10.0. The van der Waals surface area contributed by atoms with Crippen LogP contribution in [0.2, 0.25) is 0 Å². The number of amides is 2. The Morgan fingerprint density at radius 3 is 2.61 bits per heavy atom. The zero-order chi connectivity index (χ0) is 20.5. The normalized spacial score (nSPS) is 20.0. The summed E-state index contributed by atoms with van der Waals surface area (Å²) in [6, 6.07) is 8.39. The number of nitrogens with one attached hydrogen (secondary N) is 1. The molecule has 1 saturated heterocycles. The summed E-state index contributed by atoms with van der Waals surface area (Å²) in [5, 5.41) is 14.4. The Hall–Kier alpha value is -2.73. The molecule has 0 aliphatic carbocycles. The van der Waals surface area contributed by atoms with E-state index in [-0.39, 0.29) is 18.1 Å². The lowest BCUT2D eigenvalue weighted by Gasteiger charge is -2.45. The molecule has 0 bridgehead atoms. The maximum Gasteiger partial charge on any atom is 0.417 e. The molecule has 5 nitrogen and oxygen atoms in total. The number of urea groups is 1. The Balaban J connectivity index is 1.79. The summed E-state index contributed by atoms with van der Waals surface area (Å²) < 4.78 is 39.8. The number of halogens is 3. The first kappa shape index (κ1) is 20.0. The number of nitrogens with zero attached hydrogens (tertiary/aromatic N) is 3. The van der Waals surface area contributed by atoms with Crippen LogP contribution in [0.3, 0.4) is 0 Å². The quantitative estimate of drug-likeness (QED) is 0.779. The van der Waals surface area contributed by atoms with Gasteiger partial charge in [-0.05, 0) is 49.6 Å². The van der Waals surface area contributed by atoms with Crippen LogP contribution < -0.4 is 10.2 Å². The minimum atomic E-state index is -4.60. The largest absolute Gasteiger partial charge is 0.417 e. The molecule has 28 heavy (non-hydrogen) atoms. The van der Waals surface area contributed by atoms with Gasteiger partial charge in [-0.1, -0.05) is 0 Å². The van der Waals surface area contributed by atoms with Crippen molar-refractivity contribution in [2.45, 2.75) is 32.1 Å². The van der Waals surface area contributed by atoms with Gasteiger partial charge in [0.2, 0.25) is 0 Å². The number of hydrogen-bond acceptors (Lipinski definition) is 4. The van der Waals surface area contributed by atoms with E-state index in [0.29, 0.717) is 18.8 Å². The van der Waals surface area contributed by atoms with Gasteiger partial charge in [0.1, 0.15) is 0 Å². The summed E-state index contributed by atoms with van der Waals surface area (Å²) in [6.45, 7) is 4.49. The first-order valence-electron chi connectivity index (χ1n) is 8.70. The van der Waals surface area contributed by atoms with E-state index < -0.39 is 17.3 Å². The van der Waals surface area contributed by atoms with Crippen molar-refractivity contribution in [3.8, 4) is 6.07 Å². The van der Waals surface area contributed by atoms with Crippen LogP contribution in [0.25, 0.3) is 0 Å². The number of benzene rings is 1. The SMILES string of the molecule is C[C@@H]1CN(c2ccc(C#N)c(C(F)(F)F)c2)[C@@H](C)CN1C(=O)Nc1cccs1. The molecular formula is C19H19F3N4OS. The Bertz CT molecular complexity index is 892. The fourth-order valence-corrected chi connectivity index (χ4v) is 3.95. The molecule has 2 aromatic rings. The molecule has 2 heterocycles. The minimum Gasteiger partial charge on any atom is -0.365 e. The number of carbonyl (C=O) groups is 1. The highest BCUT2D eigenvalue weighted by atomic mass is 32.1. The van der Waals surface area contributed by atoms with E-state index in [2.05, 4.69) is 5.32 Å². The van der Waals surface area contributed by atoms with E-state index in [4.69, 9.17) is 5.26 Å². The van der Waals surface area contributed by atoms with Crippen LogP contribution >= 0.6 is 11.3 Å². The van der Waals surface area contributed by atoms with Crippen molar-refractivity contribution >= 4 is 28.1 Å². The second kappa shape index (κ2) is 7.72. The van der Waals surface area contributed by atoms with Crippen LogP contribution in [0.1, 0.15) is 25.0 Å². The number of hydrogen-bond donors (Lipinski definition) is 1. The number of anilines is 2. The molecule has 1 fully saturated rings. The second-order valence-corrected chi connectivity index (χ2v) is 7.70. The number of alkyl halides is 3. The zero-order valence-electron chi connectivity index (χ0n) is 15.3. The van der Waals surface area contributed by atoms with Crippen molar-refractivity contribution in [3.05, 3.63) is 46.8 Å². The van der Waals surface area contributed by atoms with Gasteiger partial charge in [-0.3, -0.25) is 5.32 Å². The predicted molar refractivity (Wildman–Crippen MR) is 102 cm³/mol. The number of piperazine rings is 1. The molecule has 1 N–H and O–H groups in total. The molecule has 148 valence electrons. The average molecular weight is 408 g/mol. The van der Waals surface area contributed by atoms with Crippen molar-refractivity contribution in [1.82, 2.24) is 4.90 Å². The van der Waals surface area contributed by atoms with E-state index >= 15 is 0 Å². The molecule has 2 atom stereocenters. The molecule has 0 saturated carbocycles. The van der Waals surface area contributed by atoms with Crippen molar-refractivity contribution < 1.29 is 18.0 Å². The van der Waals surface area contributed by atoms with E-state index in [1.54, 1.807) is 11.0 Å². The van der Waals surface area contributed by atoms with Gasteiger partial charge < -0.3 is 9.80 Å². The topological polar surface area (TPSA) is 59.4 Å². The van der Waals surface area contributed by atoms with Crippen LogP contribution in [0.15, 0.2) is 35.7 Å². The smallest absolute Gasteiger partial charge is 0.365 e. The molecule has 9 heteroatoms. The third-order valence-corrected chi connectivity index (χ3v) is 5.54. The number of carbonyl (C=O) groups excluding carboxylic acids is 1. The third kappa shape index (κ3) is 4.07. The molecule has 0 radical (unpaired) electrons. The van der Waals surface area contributed by atoms with Crippen molar-refractivity contribution in [3.63, 3.8) is 0 Å². The highest BCUT2D eigenvalue weighted by Gasteiger charge is 2.36. The Labute approximate surface area is 165 Å². The molecule has 3 rings (SSSR count). The van der Waals surface area contributed by atoms with Gasteiger partial charge in [-0.25, -0.2) is 4.79 Å². The molecule has 1 aliphatic heterocycles. The van der Waals surface area contributed by atoms with Crippen molar-refractivity contribution in [2.24, 2.45) is 0 Å². The first-order chi connectivity index (χ1) is 13.2. The lowest BCUT2D eigenvalue weighted by molar-refractivity contribution is -0.137. The summed E-state index contributed by atoms with van der Waals surface area (Å²) in [7, 11) is 0. The summed E-state index contributed by atoms with van der Waals surface area (Å²) in [5.41, 5.74) is -0.944. The predicted octanol–water partition coefficient (Wildman–Crippen LogP) is 4.77. The van der Waals surface area contributed by atoms with Crippen LogP contribution in [-0.2, 0) is 6.18 Å². The molecule has 0 unspecified atom stereocenters. The Morgan fingerprint density at radius 1 is 1.25 bits per heavy atom. The number of thiophene rings is 1. The van der Waals surface area contributed by atoms with Crippen LogP contribution in [0.4, 0.5) is 28.7 Å². The van der Waals surface area contributed by atoms with Crippen LogP contribution in [0, 0.1) is 11.3 Å². The molecular weight excluding hydrogens is 389 g/mol. The fraction of sp³-hybridized carbons (Fsp3) is 0.368. The van der Waals surface area contributed by atoms with Gasteiger partial charge in [0.25, 0.3) is 0 Å². The molecule has 1 aromatic carbocycles. The summed E-state index contributed by atoms with van der Waals surface area (Å²) in [4.78, 5) is 16.1. The average Bonchev–Trinajstić information content (AvgIpc) is 3.15. The summed E-state index contributed by atoms with van der Waals surface area (Å²) >= 11 is 1.42. The Morgan fingerprint density at radius 2 is 2.00 bits per heavy atom. The highest BCUT2D eigenvalue weighted by molar-refractivity contribution is 7.14. The number of nitriles is 1. The number of rotatable bonds is 2. The monoisotopic (exact) mass is 408 g/mol. The van der Waals surface area contributed by atoms with Gasteiger partial charge in [-0.15, -0.1) is 11.3 Å².